The highest BCUT2D eigenvalue weighted by Gasteiger charge is 2.35. The van der Waals surface area contributed by atoms with E-state index in [1.807, 2.05) is 6.92 Å². The lowest BCUT2D eigenvalue weighted by Gasteiger charge is -2.28. The zero-order valence-electron chi connectivity index (χ0n) is 19.3. The minimum absolute atomic E-state index is 0.00914. The Kier molecular flexibility index (Phi) is 5.64. The molecule has 1 atom stereocenters. The molecule has 0 saturated carbocycles. The Morgan fingerprint density at radius 2 is 2.03 bits per heavy atom. The van der Waals surface area contributed by atoms with Gasteiger partial charge < -0.3 is 15.0 Å². The molecule has 12 heteroatoms. The van der Waals surface area contributed by atoms with Crippen LogP contribution in [0.2, 0.25) is 5.28 Å². The van der Waals surface area contributed by atoms with Crippen LogP contribution in [-0.2, 0) is 25.8 Å². The maximum absolute atomic E-state index is 16.0. The maximum atomic E-state index is 16.0. The molecule has 0 radical (unpaired) electrons. The molecular weight excluding hydrogens is 497 g/mol. The van der Waals surface area contributed by atoms with E-state index in [-0.39, 0.29) is 35.4 Å². The van der Waals surface area contributed by atoms with Gasteiger partial charge in [0, 0.05) is 49.4 Å². The van der Waals surface area contributed by atoms with Gasteiger partial charge in [-0.2, -0.15) is 4.98 Å². The molecule has 0 bridgehead atoms. The van der Waals surface area contributed by atoms with Gasteiger partial charge >= 0.3 is 0 Å². The van der Waals surface area contributed by atoms with Gasteiger partial charge in [0.15, 0.2) is 5.82 Å². The number of hydrogen-bond donors (Lipinski definition) is 2. The van der Waals surface area contributed by atoms with Gasteiger partial charge in [-0.05, 0) is 35.6 Å². The summed E-state index contributed by atoms with van der Waals surface area (Å²) in [6.45, 7) is 2.62. The van der Waals surface area contributed by atoms with Crippen LogP contribution in [0.3, 0.4) is 0 Å². The molecule has 2 N–H and O–H groups in total. The van der Waals surface area contributed by atoms with Crippen LogP contribution in [-0.4, -0.2) is 56.8 Å². The summed E-state index contributed by atoms with van der Waals surface area (Å²) in [5.74, 6) is -1.10. The number of aromatic nitrogens is 4. The second kappa shape index (κ2) is 8.74. The molecule has 6 rings (SSSR count). The number of alkyl halides is 2. The van der Waals surface area contributed by atoms with Crippen molar-refractivity contribution in [2.75, 3.05) is 19.6 Å². The van der Waals surface area contributed by atoms with Crippen molar-refractivity contribution in [2.24, 2.45) is 0 Å². The van der Waals surface area contributed by atoms with Crippen LogP contribution in [0.1, 0.15) is 51.3 Å². The maximum Gasteiger partial charge on any atom is 0.258 e. The van der Waals surface area contributed by atoms with Gasteiger partial charge in [-0.3, -0.25) is 9.69 Å². The lowest BCUT2D eigenvalue weighted by molar-refractivity contribution is 0.0810. The predicted molar refractivity (Wildman–Crippen MR) is 124 cm³/mol. The van der Waals surface area contributed by atoms with Crippen LogP contribution < -0.4 is 10.1 Å². The lowest BCUT2D eigenvalue weighted by atomic mass is 9.87. The molecule has 3 aromatic heterocycles. The Hall–Kier alpha value is -3.18. The van der Waals surface area contributed by atoms with E-state index in [2.05, 4.69) is 25.3 Å². The van der Waals surface area contributed by atoms with Gasteiger partial charge in [0.1, 0.15) is 0 Å². The first kappa shape index (κ1) is 23.2. The van der Waals surface area contributed by atoms with E-state index in [0.717, 1.165) is 11.3 Å². The van der Waals surface area contributed by atoms with E-state index < -0.39 is 18.8 Å². The smallest absolute Gasteiger partial charge is 0.258 e. The Bertz CT molecular complexity index is 1390. The molecule has 36 heavy (non-hydrogen) atoms. The Morgan fingerprint density at radius 3 is 2.83 bits per heavy atom. The predicted octanol–water partition coefficient (Wildman–Crippen LogP) is 4.02. The van der Waals surface area contributed by atoms with E-state index in [1.165, 1.54) is 0 Å². The SMILES string of the molecule is CC1CNC(=O)c2c1[nH]c1c2CCc2cnc(Oc3nc(Cl)nc4c3CN(CC(F)F)CC4)c(F)c2-1. The third kappa shape index (κ3) is 3.81. The standard InChI is InChI=1S/C24H22ClF3N6O2/c1-10-6-29-21(35)17-12-3-2-11-7-30-23(18(28)16(11)20(12)32-19(10)17)36-22-13-8-34(9-15(26)27)5-4-14(13)31-24(25)33-22/h7,10,15,32H,2-6,8-9H2,1H3,(H,29,35). The molecule has 3 aliphatic rings. The largest absolute Gasteiger partial charge is 0.417 e. The average molecular weight is 519 g/mol. The van der Waals surface area contributed by atoms with Crippen molar-refractivity contribution in [1.29, 1.82) is 0 Å². The van der Waals surface area contributed by atoms with Crippen LogP contribution in [0.15, 0.2) is 6.20 Å². The number of aromatic amines is 1. The van der Waals surface area contributed by atoms with Crippen LogP contribution >= 0.6 is 11.6 Å². The third-order valence-corrected chi connectivity index (χ3v) is 7.21. The highest BCUT2D eigenvalue weighted by Crippen LogP contribution is 2.43. The zero-order chi connectivity index (χ0) is 25.1. The number of H-pyrrole nitrogens is 1. The Labute approximate surface area is 209 Å². The normalized spacial score (nSPS) is 18.8. The second-order valence-corrected chi connectivity index (χ2v) is 9.70. The van der Waals surface area contributed by atoms with Crippen molar-refractivity contribution in [3.05, 3.63) is 50.9 Å². The fourth-order valence-electron chi connectivity index (χ4n) is 5.32. The first-order valence-corrected chi connectivity index (χ1v) is 12.1. The first-order valence-electron chi connectivity index (χ1n) is 11.7. The topological polar surface area (TPSA) is 96.0 Å². The first-order chi connectivity index (χ1) is 17.3. The van der Waals surface area contributed by atoms with Crippen LogP contribution in [0, 0.1) is 5.82 Å². The number of nitrogens with one attached hydrogen (secondary N) is 2. The highest BCUT2D eigenvalue weighted by molar-refractivity contribution is 6.28. The average Bonchev–Trinajstić information content (AvgIpc) is 3.24. The summed E-state index contributed by atoms with van der Waals surface area (Å²) < 4.78 is 47.7. The lowest BCUT2D eigenvalue weighted by Crippen LogP contribution is -2.35. The Balaban J connectivity index is 1.40. The fraction of sp³-hybridized carbons (Fsp3) is 0.417. The minimum atomic E-state index is -2.49. The summed E-state index contributed by atoms with van der Waals surface area (Å²) in [5.41, 5.74) is 4.78. The number of amides is 1. The molecule has 2 aliphatic heterocycles. The van der Waals surface area contributed by atoms with Crippen LogP contribution in [0.25, 0.3) is 11.3 Å². The fourth-order valence-corrected chi connectivity index (χ4v) is 5.50. The van der Waals surface area contributed by atoms with Crippen LogP contribution in [0.5, 0.6) is 11.8 Å². The summed E-state index contributed by atoms with van der Waals surface area (Å²) in [4.78, 5) is 30.0. The van der Waals surface area contributed by atoms with Gasteiger partial charge in [0.25, 0.3) is 18.2 Å². The van der Waals surface area contributed by atoms with Crippen molar-refractivity contribution in [1.82, 2.24) is 30.2 Å². The number of carbonyl (C=O) groups is 1. The number of carbonyl (C=O) groups excluding carboxylic acids is 1. The van der Waals surface area contributed by atoms with Crippen molar-refractivity contribution in [3.63, 3.8) is 0 Å². The molecule has 0 fully saturated rings. The van der Waals surface area contributed by atoms with E-state index >= 15 is 4.39 Å². The van der Waals surface area contributed by atoms with Gasteiger partial charge in [0.2, 0.25) is 11.2 Å². The Morgan fingerprint density at radius 1 is 1.19 bits per heavy atom. The van der Waals surface area contributed by atoms with Crippen molar-refractivity contribution >= 4 is 17.5 Å². The molecule has 1 aliphatic carbocycles. The van der Waals surface area contributed by atoms with Crippen LogP contribution in [0.4, 0.5) is 13.2 Å². The third-order valence-electron chi connectivity index (χ3n) is 7.05. The van der Waals surface area contributed by atoms with E-state index in [4.69, 9.17) is 16.3 Å². The van der Waals surface area contributed by atoms with Crippen molar-refractivity contribution in [3.8, 4) is 23.0 Å². The molecule has 0 aromatic carbocycles. The minimum Gasteiger partial charge on any atom is -0.417 e. The number of pyridine rings is 1. The summed E-state index contributed by atoms with van der Waals surface area (Å²) in [6, 6.07) is 0. The van der Waals surface area contributed by atoms with Gasteiger partial charge in [0.05, 0.1) is 29.1 Å². The van der Waals surface area contributed by atoms with Crippen molar-refractivity contribution in [2.45, 2.75) is 45.1 Å². The molecule has 188 valence electrons. The number of ether oxygens (including phenoxy) is 1. The molecule has 5 heterocycles. The molecule has 1 unspecified atom stereocenters. The summed E-state index contributed by atoms with van der Waals surface area (Å²) in [5, 5.41) is 2.81. The van der Waals surface area contributed by atoms with E-state index in [0.29, 0.717) is 66.0 Å². The highest BCUT2D eigenvalue weighted by atomic mass is 35.5. The molecule has 3 aromatic rings. The quantitative estimate of drug-likeness (QED) is 0.507. The van der Waals surface area contributed by atoms with Crippen molar-refractivity contribution < 1.29 is 22.7 Å². The number of nitrogens with zero attached hydrogens (tertiary/aromatic N) is 4. The number of hydrogen-bond acceptors (Lipinski definition) is 6. The second-order valence-electron chi connectivity index (χ2n) is 9.36. The zero-order valence-corrected chi connectivity index (χ0v) is 20.1. The summed E-state index contributed by atoms with van der Waals surface area (Å²) in [7, 11) is 0. The number of rotatable bonds is 4. The summed E-state index contributed by atoms with van der Waals surface area (Å²) >= 11 is 6.08. The summed E-state index contributed by atoms with van der Waals surface area (Å²) in [6.07, 6.45) is 0.562. The van der Waals surface area contributed by atoms with E-state index in [1.54, 1.807) is 11.1 Å². The molecule has 8 nitrogen and oxygen atoms in total. The molecule has 1 amide bonds. The monoisotopic (exact) mass is 518 g/mol. The van der Waals surface area contributed by atoms with E-state index in [9.17, 15) is 13.6 Å². The number of fused-ring (bicyclic) bond motifs is 6. The van der Waals surface area contributed by atoms with Gasteiger partial charge in [-0.15, -0.1) is 0 Å². The van der Waals surface area contributed by atoms with Gasteiger partial charge in [-0.25, -0.2) is 23.1 Å². The van der Waals surface area contributed by atoms with Gasteiger partial charge in [-0.1, -0.05) is 6.92 Å². The molecule has 0 spiro atoms. The molecular formula is C24H22ClF3N6O2. The number of halogens is 4. The number of aryl methyl sites for hydroxylation is 1. The molecule has 0 saturated heterocycles.